The van der Waals surface area contributed by atoms with Crippen LogP contribution in [0.25, 0.3) is 0 Å². The van der Waals surface area contributed by atoms with Crippen LogP contribution in [0.4, 0.5) is 18.0 Å². The number of rotatable bonds is 5. The van der Waals surface area contributed by atoms with E-state index in [9.17, 15) is 18.0 Å². The lowest BCUT2D eigenvalue weighted by Gasteiger charge is -2.22. The molecule has 0 aliphatic carbocycles. The predicted octanol–water partition coefficient (Wildman–Crippen LogP) is 4.45. The molecule has 1 aromatic carbocycles. The Labute approximate surface area is 165 Å². The van der Waals surface area contributed by atoms with Crippen molar-refractivity contribution in [2.45, 2.75) is 45.0 Å². The van der Waals surface area contributed by atoms with Crippen LogP contribution in [0.5, 0.6) is 5.75 Å². The predicted molar refractivity (Wildman–Crippen MR) is 98.9 cm³/mol. The number of alkyl carbamates (subject to hydrolysis) is 1. The summed E-state index contributed by atoms with van der Waals surface area (Å²) >= 11 is 3.20. The average molecular weight is 453 g/mol. The molecule has 1 atom stereocenters. The molecule has 1 heterocycles. The number of nitrogens with one attached hydrogen (secondary N) is 1. The van der Waals surface area contributed by atoms with E-state index in [2.05, 4.69) is 26.1 Å². The Morgan fingerprint density at radius 3 is 2.67 bits per heavy atom. The number of amides is 1. The van der Waals surface area contributed by atoms with Crippen LogP contribution in [-0.2, 0) is 10.9 Å². The largest absolute Gasteiger partial charge is 0.491 e. The molecule has 1 aromatic rings. The van der Waals surface area contributed by atoms with Gasteiger partial charge in [-0.1, -0.05) is 0 Å². The van der Waals surface area contributed by atoms with Crippen LogP contribution in [0.2, 0.25) is 0 Å². The lowest BCUT2D eigenvalue weighted by Crippen LogP contribution is -2.40. The molecular formula is C18H24BrF3N2O3. The number of benzene rings is 1. The third-order valence-corrected chi connectivity index (χ3v) is 4.57. The number of halogens is 4. The highest BCUT2D eigenvalue weighted by Gasteiger charge is 2.31. The van der Waals surface area contributed by atoms with Gasteiger partial charge in [-0.25, -0.2) is 4.79 Å². The van der Waals surface area contributed by atoms with Gasteiger partial charge in [0.1, 0.15) is 18.0 Å². The lowest BCUT2D eigenvalue weighted by atomic mass is 10.2. The standard InChI is InChI=1S/C18H24BrF3N2O3/c1-17(2,3)27-16(25)23-13-6-7-24(11-13)8-9-26-15-10-12(18(20,21)22)4-5-14(15)19/h4-5,10,13H,6-9,11H2,1-3H3,(H,23,25). The fourth-order valence-corrected chi connectivity index (χ4v) is 3.06. The van der Waals surface area contributed by atoms with Crippen molar-refractivity contribution in [3.05, 3.63) is 28.2 Å². The second-order valence-corrected chi connectivity index (χ2v) is 8.28. The summed E-state index contributed by atoms with van der Waals surface area (Å²) in [5.74, 6) is 0.160. The van der Waals surface area contributed by atoms with Crippen LogP contribution in [-0.4, -0.2) is 48.9 Å². The molecule has 27 heavy (non-hydrogen) atoms. The molecule has 1 aliphatic heterocycles. The molecule has 1 saturated heterocycles. The van der Waals surface area contributed by atoms with E-state index in [4.69, 9.17) is 9.47 Å². The van der Waals surface area contributed by atoms with Crippen molar-refractivity contribution in [1.82, 2.24) is 10.2 Å². The van der Waals surface area contributed by atoms with Crippen molar-refractivity contribution < 1.29 is 27.4 Å². The first-order chi connectivity index (χ1) is 12.4. The van der Waals surface area contributed by atoms with Crippen molar-refractivity contribution in [2.24, 2.45) is 0 Å². The maximum absolute atomic E-state index is 12.8. The lowest BCUT2D eigenvalue weighted by molar-refractivity contribution is -0.137. The Bertz CT molecular complexity index is 662. The fourth-order valence-electron chi connectivity index (χ4n) is 2.70. The summed E-state index contributed by atoms with van der Waals surface area (Å²) in [6, 6.07) is 3.31. The number of carbonyl (C=O) groups is 1. The van der Waals surface area contributed by atoms with Gasteiger partial charge in [0, 0.05) is 25.7 Å². The van der Waals surface area contributed by atoms with E-state index in [1.807, 2.05) is 0 Å². The van der Waals surface area contributed by atoms with Crippen LogP contribution < -0.4 is 10.1 Å². The highest BCUT2D eigenvalue weighted by atomic mass is 79.9. The zero-order valence-corrected chi connectivity index (χ0v) is 17.1. The maximum Gasteiger partial charge on any atom is 0.416 e. The molecule has 152 valence electrons. The molecule has 0 aromatic heterocycles. The highest BCUT2D eigenvalue weighted by Crippen LogP contribution is 2.35. The monoisotopic (exact) mass is 452 g/mol. The topological polar surface area (TPSA) is 50.8 Å². The van der Waals surface area contributed by atoms with Gasteiger partial charge in [-0.3, -0.25) is 4.90 Å². The van der Waals surface area contributed by atoms with Crippen LogP contribution in [0.3, 0.4) is 0 Å². The van der Waals surface area contributed by atoms with Crippen molar-refractivity contribution in [1.29, 1.82) is 0 Å². The molecule has 1 unspecified atom stereocenters. The summed E-state index contributed by atoms with van der Waals surface area (Å²) < 4.78 is 49.6. The van der Waals surface area contributed by atoms with E-state index in [-0.39, 0.29) is 18.4 Å². The Balaban J connectivity index is 1.78. The molecule has 1 aliphatic rings. The first kappa shape index (κ1) is 21.8. The van der Waals surface area contributed by atoms with E-state index < -0.39 is 23.4 Å². The molecule has 0 spiro atoms. The Morgan fingerprint density at radius 2 is 2.04 bits per heavy atom. The Hall–Kier alpha value is -1.48. The van der Waals surface area contributed by atoms with Gasteiger partial charge >= 0.3 is 12.3 Å². The van der Waals surface area contributed by atoms with Crippen molar-refractivity contribution in [3.8, 4) is 5.75 Å². The van der Waals surface area contributed by atoms with Gasteiger partial charge in [0.25, 0.3) is 0 Å². The number of alkyl halides is 3. The SMILES string of the molecule is CC(C)(C)OC(=O)NC1CCN(CCOc2cc(C(F)(F)F)ccc2Br)C1. The van der Waals surface area contributed by atoms with Crippen LogP contribution >= 0.6 is 15.9 Å². The molecular weight excluding hydrogens is 429 g/mol. The van der Waals surface area contributed by atoms with E-state index in [0.717, 1.165) is 25.1 Å². The van der Waals surface area contributed by atoms with Gasteiger partial charge in [0.15, 0.2) is 0 Å². The molecule has 2 rings (SSSR count). The number of hydrogen-bond acceptors (Lipinski definition) is 4. The summed E-state index contributed by atoms with van der Waals surface area (Å²) in [6.45, 7) is 7.62. The molecule has 0 radical (unpaired) electrons. The highest BCUT2D eigenvalue weighted by molar-refractivity contribution is 9.10. The van der Waals surface area contributed by atoms with E-state index in [1.54, 1.807) is 20.8 Å². The number of carbonyl (C=O) groups excluding carboxylic acids is 1. The van der Waals surface area contributed by atoms with Crippen LogP contribution in [0.15, 0.2) is 22.7 Å². The Kier molecular flexibility index (Phi) is 7.02. The summed E-state index contributed by atoms with van der Waals surface area (Å²) in [7, 11) is 0. The smallest absolute Gasteiger partial charge is 0.416 e. The number of nitrogens with zero attached hydrogens (tertiary/aromatic N) is 1. The number of ether oxygens (including phenoxy) is 2. The number of likely N-dealkylation sites (tertiary alicyclic amines) is 1. The summed E-state index contributed by atoms with van der Waals surface area (Å²) in [5.41, 5.74) is -1.29. The van der Waals surface area contributed by atoms with Crippen molar-refractivity contribution in [2.75, 3.05) is 26.2 Å². The van der Waals surface area contributed by atoms with Gasteiger partial charge in [-0.05, 0) is 61.3 Å². The second-order valence-electron chi connectivity index (χ2n) is 7.42. The second kappa shape index (κ2) is 8.68. The average Bonchev–Trinajstić information content (AvgIpc) is 2.93. The van der Waals surface area contributed by atoms with Gasteiger partial charge in [-0.15, -0.1) is 0 Å². The van der Waals surface area contributed by atoms with Gasteiger partial charge in [0.2, 0.25) is 0 Å². The van der Waals surface area contributed by atoms with Gasteiger partial charge < -0.3 is 14.8 Å². The number of hydrogen-bond donors (Lipinski definition) is 1. The Morgan fingerprint density at radius 1 is 1.33 bits per heavy atom. The molecule has 1 fully saturated rings. The minimum absolute atomic E-state index is 0.0138. The zero-order chi connectivity index (χ0) is 20.2. The van der Waals surface area contributed by atoms with Crippen molar-refractivity contribution >= 4 is 22.0 Å². The quantitative estimate of drug-likeness (QED) is 0.716. The minimum Gasteiger partial charge on any atom is -0.491 e. The first-order valence-electron chi connectivity index (χ1n) is 8.65. The van der Waals surface area contributed by atoms with E-state index in [0.29, 0.717) is 17.6 Å². The molecule has 1 N–H and O–H groups in total. The van der Waals surface area contributed by atoms with Crippen molar-refractivity contribution in [3.63, 3.8) is 0 Å². The fraction of sp³-hybridized carbons (Fsp3) is 0.611. The molecule has 1 amide bonds. The van der Waals surface area contributed by atoms with Crippen LogP contribution in [0.1, 0.15) is 32.8 Å². The normalized spacial score (nSPS) is 18.4. The third kappa shape index (κ3) is 7.21. The molecule has 0 saturated carbocycles. The van der Waals surface area contributed by atoms with Crippen LogP contribution in [0, 0.1) is 0 Å². The third-order valence-electron chi connectivity index (χ3n) is 3.92. The summed E-state index contributed by atoms with van der Waals surface area (Å²) in [5, 5.41) is 2.83. The van der Waals surface area contributed by atoms with E-state index >= 15 is 0 Å². The first-order valence-corrected chi connectivity index (χ1v) is 9.45. The summed E-state index contributed by atoms with van der Waals surface area (Å²) in [6.07, 6.45) is -4.07. The maximum atomic E-state index is 12.8. The molecule has 5 nitrogen and oxygen atoms in total. The molecule has 0 bridgehead atoms. The van der Waals surface area contributed by atoms with E-state index in [1.165, 1.54) is 6.07 Å². The molecule has 9 heteroatoms. The van der Waals surface area contributed by atoms with Gasteiger partial charge in [-0.2, -0.15) is 13.2 Å². The van der Waals surface area contributed by atoms with Gasteiger partial charge in [0.05, 0.1) is 10.0 Å². The zero-order valence-electron chi connectivity index (χ0n) is 15.5. The summed E-state index contributed by atoms with van der Waals surface area (Å²) in [4.78, 5) is 13.9. The minimum atomic E-state index is -4.41.